The van der Waals surface area contributed by atoms with E-state index in [9.17, 15) is 14.0 Å². The molecule has 0 spiro atoms. The summed E-state index contributed by atoms with van der Waals surface area (Å²) in [6.07, 6.45) is 0.210. The SMILES string of the molecule is N#Cc1ccc(C(=O)COCCC(N)=O)c(Cc2ccc(I)cc2F)c1. The van der Waals surface area contributed by atoms with E-state index in [4.69, 9.17) is 15.7 Å². The third kappa shape index (κ3) is 5.61. The van der Waals surface area contributed by atoms with Crippen LogP contribution in [0.1, 0.15) is 33.5 Å². The van der Waals surface area contributed by atoms with Crippen molar-refractivity contribution < 1.29 is 18.7 Å². The average Bonchev–Trinajstić information content (AvgIpc) is 2.60. The summed E-state index contributed by atoms with van der Waals surface area (Å²) >= 11 is 2.02. The van der Waals surface area contributed by atoms with Crippen molar-refractivity contribution in [2.45, 2.75) is 12.8 Å². The summed E-state index contributed by atoms with van der Waals surface area (Å²) in [5, 5.41) is 9.10. The number of nitriles is 1. The van der Waals surface area contributed by atoms with E-state index in [1.165, 1.54) is 18.2 Å². The fourth-order valence-corrected chi connectivity index (χ4v) is 2.82. The van der Waals surface area contributed by atoms with Crippen LogP contribution in [0.25, 0.3) is 0 Å². The Morgan fingerprint density at radius 2 is 1.96 bits per heavy atom. The number of carbonyl (C=O) groups is 2. The van der Waals surface area contributed by atoms with E-state index < -0.39 is 5.91 Å². The molecule has 2 aromatic carbocycles. The Bertz CT molecular complexity index is 878. The maximum Gasteiger partial charge on any atom is 0.219 e. The van der Waals surface area contributed by atoms with Crippen molar-refractivity contribution in [3.05, 3.63) is 68.0 Å². The number of primary amides is 1. The summed E-state index contributed by atoms with van der Waals surface area (Å²) < 4.78 is 20.1. The van der Waals surface area contributed by atoms with Crippen LogP contribution in [0, 0.1) is 20.7 Å². The lowest BCUT2D eigenvalue weighted by Gasteiger charge is -2.11. The van der Waals surface area contributed by atoms with E-state index in [2.05, 4.69) is 0 Å². The molecule has 1 amide bonds. The van der Waals surface area contributed by atoms with Gasteiger partial charge in [-0.1, -0.05) is 6.07 Å². The molecular weight excluding hydrogens is 450 g/mol. The van der Waals surface area contributed by atoms with Crippen molar-refractivity contribution in [3.8, 4) is 6.07 Å². The molecule has 0 unspecified atom stereocenters. The molecule has 0 bridgehead atoms. The first kappa shape index (κ1) is 20.0. The number of amides is 1. The second-order valence-corrected chi connectivity index (χ2v) is 6.83. The third-order valence-corrected chi connectivity index (χ3v) is 4.33. The van der Waals surface area contributed by atoms with Crippen molar-refractivity contribution in [3.63, 3.8) is 0 Å². The monoisotopic (exact) mass is 466 g/mol. The lowest BCUT2D eigenvalue weighted by molar-refractivity contribution is -0.119. The number of ketones is 1. The van der Waals surface area contributed by atoms with Crippen LogP contribution in [0.3, 0.4) is 0 Å². The van der Waals surface area contributed by atoms with E-state index in [1.54, 1.807) is 18.2 Å². The Hall–Kier alpha value is -2.31. The molecule has 2 rings (SSSR count). The van der Waals surface area contributed by atoms with Gasteiger partial charge >= 0.3 is 0 Å². The number of ether oxygens (including phenoxy) is 1. The van der Waals surface area contributed by atoms with Crippen LogP contribution >= 0.6 is 22.6 Å². The van der Waals surface area contributed by atoms with Gasteiger partial charge in [-0.05, 0) is 64.0 Å². The number of halogens is 2. The minimum absolute atomic E-state index is 0.0291. The van der Waals surface area contributed by atoms with Gasteiger partial charge in [-0.25, -0.2) is 4.39 Å². The zero-order valence-corrected chi connectivity index (χ0v) is 16.0. The van der Waals surface area contributed by atoms with Gasteiger partial charge in [0, 0.05) is 22.0 Å². The topological polar surface area (TPSA) is 93.2 Å². The first-order valence-electron chi connectivity index (χ1n) is 7.77. The molecule has 26 heavy (non-hydrogen) atoms. The molecule has 7 heteroatoms. The zero-order valence-electron chi connectivity index (χ0n) is 13.8. The number of rotatable bonds is 8. The highest BCUT2D eigenvalue weighted by molar-refractivity contribution is 14.1. The first-order valence-corrected chi connectivity index (χ1v) is 8.84. The number of Topliss-reactive ketones (excluding diaryl/α,β-unsaturated/α-hetero) is 1. The summed E-state index contributed by atoms with van der Waals surface area (Å²) in [5.74, 6) is -1.18. The van der Waals surface area contributed by atoms with E-state index >= 15 is 0 Å². The average molecular weight is 466 g/mol. The highest BCUT2D eigenvalue weighted by Crippen LogP contribution is 2.20. The molecule has 0 aliphatic carbocycles. The Labute approximate surface area is 164 Å². The lowest BCUT2D eigenvalue weighted by atomic mass is 9.95. The Balaban J connectivity index is 2.22. The molecule has 134 valence electrons. The van der Waals surface area contributed by atoms with Crippen LogP contribution in [0.5, 0.6) is 0 Å². The van der Waals surface area contributed by atoms with Crippen LogP contribution in [-0.2, 0) is 16.0 Å². The minimum atomic E-state index is -0.509. The summed E-state index contributed by atoms with van der Waals surface area (Å²) in [6, 6.07) is 11.5. The van der Waals surface area contributed by atoms with E-state index in [1.807, 2.05) is 28.7 Å². The van der Waals surface area contributed by atoms with Gasteiger partial charge in [-0.15, -0.1) is 0 Å². The molecule has 2 aromatic rings. The van der Waals surface area contributed by atoms with Gasteiger partial charge in [0.1, 0.15) is 12.4 Å². The molecule has 0 aliphatic heterocycles. The molecule has 0 saturated heterocycles. The molecule has 0 aromatic heterocycles. The fourth-order valence-electron chi connectivity index (χ4n) is 2.37. The summed E-state index contributed by atoms with van der Waals surface area (Å²) in [4.78, 5) is 23.1. The van der Waals surface area contributed by atoms with Crippen LogP contribution < -0.4 is 5.73 Å². The molecule has 0 fully saturated rings. The quantitative estimate of drug-likeness (QED) is 0.368. The highest BCUT2D eigenvalue weighted by atomic mass is 127. The number of nitrogens with two attached hydrogens (primary N) is 1. The Kier molecular flexibility index (Phi) is 7.24. The largest absolute Gasteiger partial charge is 0.373 e. The number of nitrogens with zero attached hydrogens (tertiary/aromatic N) is 1. The molecule has 5 nitrogen and oxygen atoms in total. The van der Waals surface area contributed by atoms with Gasteiger partial charge in [-0.2, -0.15) is 5.26 Å². The predicted octanol–water partition coefficient (Wildman–Crippen LogP) is 2.97. The standard InChI is InChI=1S/C19H16FIN2O3/c20-17-9-15(21)3-2-13(17)8-14-7-12(10-22)1-4-16(14)18(24)11-26-6-5-19(23)25/h1-4,7,9H,5-6,8,11H2,(H2,23,25). The molecule has 0 atom stereocenters. The normalized spacial score (nSPS) is 10.3. The smallest absolute Gasteiger partial charge is 0.219 e. The highest BCUT2D eigenvalue weighted by Gasteiger charge is 2.15. The second kappa shape index (κ2) is 9.40. The second-order valence-electron chi connectivity index (χ2n) is 5.59. The van der Waals surface area contributed by atoms with Gasteiger partial charge in [0.2, 0.25) is 5.91 Å². The van der Waals surface area contributed by atoms with Crippen LogP contribution in [-0.4, -0.2) is 24.9 Å². The molecule has 2 N–H and O–H groups in total. The first-order chi connectivity index (χ1) is 12.4. The number of carbonyl (C=O) groups excluding carboxylic acids is 2. The maximum atomic E-state index is 14.2. The summed E-state index contributed by atoms with van der Waals surface area (Å²) in [7, 11) is 0. The number of hydrogen-bond acceptors (Lipinski definition) is 4. The van der Waals surface area contributed by atoms with Crippen molar-refractivity contribution in [1.29, 1.82) is 5.26 Å². The van der Waals surface area contributed by atoms with Gasteiger partial charge in [-0.3, -0.25) is 9.59 Å². The van der Waals surface area contributed by atoms with Crippen molar-refractivity contribution in [1.82, 2.24) is 0 Å². The Morgan fingerprint density at radius 1 is 1.19 bits per heavy atom. The molecule has 0 aliphatic rings. The van der Waals surface area contributed by atoms with Gasteiger partial charge < -0.3 is 10.5 Å². The van der Waals surface area contributed by atoms with E-state index in [0.29, 0.717) is 22.3 Å². The number of hydrogen-bond donors (Lipinski definition) is 1. The summed E-state index contributed by atoms with van der Waals surface area (Å²) in [6.45, 7) is -0.167. The maximum absolute atomic E-state index is 14.2. The van der Waals surface area contributed by atoms with Gasteiger partial charge in [0.05, 0.1) is 18.2 Å². The zero-order chi connectivity index (χ0) is 19.1. The van der Waals surface area contributed by atoms with Crippen molar-refractivity contribution in [2.24, 2.45) is 5.73 Å². The van der Waals surface area contributed by atoms with Crippen LogP contribution in [0.15, 0.2) is 36.4 Å². The third-order valence-electron chi connectivity index (χ3n) is 3.66. The molecule has 0 heterocycles. The molecule has 0 saturated carbocycles. The fraction of sp³-hybridized carbons (Fsp3) is 0.211. The lowest BCUT2D eigenvalue weighted by Crippen LogP contribution is -2.17. The minimum Gasteiger partial charge on any atom is -0.373 e. The van der Waals surface area contributed by atoms with E-state index in [-0.39, 0.29) is 37.7 Å². The molecular formula is C19H16FIN2O3. The Morgan fingerprint density at radius 3 is 2.62 bits per heavy atom. The van der Waals surface area contributed by atoms with E-state index in [0.717, 1.165) is 3.57 Å². The van der Waals surface area contributed by atoms with Crippen molar-refractivity contribution in [2.75, 3.05) is 13.2 Å². The summed E-state index contributed by atoms with van der Waals surface area (Å²) in [5.41, 5.74) is 6.75. The van der Waals surface area contributed by atoms with Crippen LogP contribution in [0.4, 0.5) is 4.39 Å². The van der Waals surface area contributed by atoms with Crippen molar-refractivity contribution >= 4 is 34.3 Å². The van der Waals surface area contributed by atoms with Gasteiger partial charge in [0.25, 0.3) is 0 Å². The number of benzene rings is 2. The molecule has 0 radical (unpaired) electrons. The predicted molar refractivity (Wildman–Crippen MR) is 102 cm³/mol. The van der Waals surface area contributed by atoms with Gasteiger partial charge in [0.15, 0.2) is 5.78 Å². The van der Waals surface area contributed by atoms with Crippen LogP contribution in [0.2, 0.25) is 0 Å².